The Morgan fingerprint density at radius 3 is 2.78 bits per heavy atom. The second-order valence-corrected chi connectivity index (χ2v) is 7.33. The van der Waals surface area contributed by atoms with E-state index >= 15 is 0 Å². The molecule has 2 heterocycles. The maximum atomic E-state index is 12.6. The van der Waals surface area contributed by atoms with Gasteiger partial charge in [-0.2, -0.15) is 4.98 Å². The number of nitrogens with zero attached hydrogens (tertiary/aromatic N) is 3. The van der Waals surface area contributed by atoms with Gasteiger partial charge in [-0.1, -0.05) is 43.3 Å². The number of benzene rings is 1. The Balaban J connectivity index is 1.61. The average Bonchev–Trinajstić information content (AvgIpc) is 3.35. The maximum absolute atomic E-state index is 12.6. The van der Waals surface area contributed by atoms with E-state index in [2.05, 4.69) is 24.0 Å². The predicted octanol–water partition coefficient (Wildman–Crippen LogP) is 4.35. The molecule has 3 aromatic rings. The van der Waals surface area contributed by atoms with Crippen molar-refractivity contribution in [1.29, 1.82) is 0 Å². The first-order valence-corrected chi connectivity index (χ1v) is 9.82. The number of aromatic nitrogens is 2. The van der Waals surface area contributed by atoms with Gasteiger partial charge in [-0.05, 0) is 35.9 Å². The summed E-state index contributed by atoms with van der Waals surface area (Å²) >= 11 is 1.54. The highest BCUT2D eigenvalue weighted by Gasteiger charge is 2.18. The molecule has 0 bridgehead atoms. The molecule has 0 aliphatic heterocycles. The molecule has 0 unspecified atom stereocenters. The molecule has 0 saturated heterocycles. The van der Waals surface area contributed by atoms with E-state index in [0.29, 0.717) is 24.2 Å². The van der Waals surface area contributed by atoms with Gasteiger partial charge in [-0.15, -0.1) is 11.3 Å². The number of likely N-dealkylation sites (N-methyl/N-ethyl adjacent to an activating group) is 1. The molecule has 0 saturated carbocycles. The molecule has 142 valence electrons. The fourth-order valence-corrected chi connectivity index (χ4v) is 3.33. The fraction of sp³-hybridized carbons (Fsp3) is 0.350. The number of para-hydroxylation sites is 1. The molecule has 1 amide bonds. The Morgan fingerprint density at radius 1 is 1.26 bits per heavy atom. The van der Waals surface area contributed by atoms with Crippen molar-refractivity contribution in [2.24, 2.45) is 0 Å². The van der Waals surface area contributed by atoms with Crippen LogP contribution in [0.25, 0.3) is 10.7 Å². The number of amides is 1. The summed E-state index contributed by atoms with van der Waals surface area (Å²) in [6.07, 6.45) is 0. The van der Waals surface area contributed by atoms with Gasteiger partial charge in [0, 0.05) is 6.54 Å². The molecule has 0 fully saturated rings. The predicted molar refractivity (Wildman–Crippen MR) is 105 cm³/mol. The van der Waals surface area contributed by atoms with Gasteiger partial charge in [-0.3, -0.25) is 4.79 Å². The minimum absolute atomic E-state index is 0.0243. The van der Waals surface area contributed by atoms with Gasteiger partial charge < -0.3 is 14.2 Å². The normalized spacial score (nSPS) is 11.0. The highest BCUT2D eigenvalue weighted by molar-refractivity contribution is 7.13. The van der Waals surface area contributed by atoms with Gasteiger partial charge in [0.2, 0.25) is 11.7 Å². The van der Waals surface area contributed by atoms with Crippen LogP contribution in [-0.2, 0) is 11.3 Å². The van der Waals surface area contributed by atoms with Crippen molar-refractivity contribution in [2.45, 2.75) is 33.2 Å². The molecule has 2 aromatic heterocycles. The molecule has 6 nitrogen and oxygen atoms in total. The number of carbonyl (C=O) groups excluding carboxylic acids is 1. The molecule has 0 atom stereocenters. The summed E-state index contributed by atoms with van der Waals surface area (Å²) in [7, 11) is 0. The summed E-state index contributed by atoms with van der Waals surface area (Å²) in [6, 6.07) is 11.7. The largest absolute Gasteiger partial charge is 0.483 e. The molecule has 1 aromatic carbocycles. The summed E-state index contributed by atoms with van der Waals surface area (Å²) in [6.45, 7) is 6.89. The molecular weight excluding hydrogens is 362 g/mol. The molecule has 27 heavy (non-hydrogen) atoms. The lowest BCUT2D eigenvalue weighted by atomic mass is 10.0. The van der Waals surface area contributed by atoms with Crippen LogP contribution in [0, 0.1) is 0 Å². The van der Waals surface area contributed by atoms with Crippen LogP contribution < -0.4 is 4.74 Å². The fourth-order valence-electron chi connectivity index (χ4n) is 2.68. The zero-order chi connectivity index (χ0) is 19.2. The number of carbonyl (C=O) groups is 1. The highest BCUT2D eigenvalue weighted by atomic mass is 32.1. The van der Waals surface area contributed by atoms with Crippen LogP contribution in [-0.4, -0.2) is 34.1 Å². The Bertz CT molecular complexity index is 874. The monoisotopic (exact) mass is 385 g/mol. The quantitative estimate of drug-likeness (QED) is 0.577. The lowest BCUT2D eigenvalue weighted by Gasteiger charge is -2.20. The van der Waals surface area contributed by atoms with Crippen molar-refractivity contribution in [3.8, 4) is 16.5 Å². The van der Waals surface area contributed by atoms with Crippen LogP contribution in [0.2, 0.25) is 0 Å². The molecule has 0 aliphatic carbocycles. The van der Waals surface area contributed by atoms with Crippen LogP contribution in [0.5, 0.6) is 5.75 Å². The van der Waals surface area contributed by atoms with Gasteiger partial charge in [0.1, 0.15) is 12.3 Å². The van der Waals surface area contributed by atoms with Crippen molar-refractivity contribution in [3.05, 3.63) is 53.2 Å². The third kappa shape index (κ3) is 4.74. The molecular formula is C20H23N3O3S. The van der Waals surface area contributed by atoms with Crippen LogP contribution in [0.15, 0.2) is 46.3 Å². The lowest BCUT2D eigenvalue weighted by Crippen LogP contribution is -2.34. The smallest absolute Gasteiger partial charge is 0.260 e. The minimum Gasteiger partial charge on any atom is -0.483 e. The Labute approximate surface area is 162 Å². The van der Waals surface area contributed by atoms with E-state index in [1.807, 2.05) is 48.7 Å². The van der Waals surface area contributed by atoms with Crippen LogP contribution >= 0.6 is 11.3 Å². The third-order valence-corrected chi connectivity index (χ3v) is 5.03. The number of rotatable bonds is 8. The van der Waals surface area contributed by atoms with Crippen molar-refractivity contribution < 1.29 is 14.1 Å². The summed E-state index contributed by atoms with van der Waals surface area (Å²) in [4.78, 5) is 19.5. The summed E-state index contributed by atoms with van der Waals surface area (Å²) in [5.74, 6) is 1.91. The van der Waals surface area contributed by atoms with Gasteiger partial charge >= 0.3 is 0 Å². The van der Waals surface area contributed by atoms with Gasteiger partial charge in [0.05, 0.1) is 4.88 Å². The summed E-state index contributed by atoms with van der Waals surface area (Å²) in [5.41, 5.74) is 1.09. The number of hydrogen-bond donors (Lipinski definition) is 0. The summed E-state index contributed by atoms with van der Waals surface area (Å²) < 4.78 is 11.1. The standard InChI is InChI=1S/C20H23N3O3S/c1-4-23(12-18-21-20(22-26-18)17-10-7-11-27-17)19(24)13-25-16-9-6-5-8-15(16)14(2)3/h5-11,14H,4,12-13H2,1-3H3. The van der Waals surface area contributed by atoms with Crippen LogP contribution in [0.3, 0.4) is 0 Å². The van der Waals surface area contributed by atoms with Crippen LogP contribution in [0.1, 0.15) is 38.1 Å². The number of thiophene rings is 1. The van der Waals surface area contributed by atoms with Gasteiger partial charge in [0.25, 0.3) is 5.91 Å². The average molecular weight is 385 g/mol. The van der Waals surface area contributed by atoms with E-state index in [0.717, 1.165) is 16.2 Å². The van der Waals surface area contributed by atoms with E-state index in [9.17, 15) is 4.79 Å². The maximum Gasteiger partial charge on any atom is 0.260 e. The first kappa shape index (κ1) is 19.1. The van der Waals surface area contributed by atoms with Crippen molar-refractivity contribution in [1.82, 2.24) is 15.0 Å². The molecule has 0 aliphatic rings. The second kappa shape index (κ2) is 8.81. The van der Waals surface area contributed by atoms with E-state index < -0.39 is 0 Å². The molecule has 3 rings (SSSR count). The SMILES string of the molecule is CCN(Cc1nc(-c2cccs2)no1)C(=O)COc1ccccc1C(C)C. The zero-order valence-electron chi connectivity index (χ0n) is 15.7. The lowest BCUT2D eigenvalue weighted by molar-refractivity contribution is -0.134. The Morgan fingerprint density at radius 2 is 2.07 bits per heavy atom. The van der Waals surface area contributed by atoms with E-state index in [1.54, 1.807) is 16.2 Å². The number of hydrogen-bond acceptors (Lipinski definition) is 6. The van der Waals surface area contributed by atoms with E-state index in [-0.39, 0.29) is 19.1 Å². The molecule has 7 heteroatoms. The van der Waals surface area contributed by atoms with Crippen LogP contribution in [0.4, 0.5) is 0 Å². The Hall–Kier alpha value is -2.67. The van der Waals surface area contributed by atoms with E-state index in [1.165, 1.54) is 0 Å². The molecule has 0 spiro atoms. The van der Waals surface area contributed by atoms with Crippen molar-refractivity contribution in [2.75, 3.05) is 13.2 Å². The van der Waals surface area contributed by atoms with E-state index in [4.69, 9.17) is 9.26 Å². The van der Waals surface area contributed by atoms with Gasteiger partial charge in [-0.25, -0.2) is 0 Å². The number of ether oxygens (including phenoxy) is 1. The minimum atomic E-state index is -0.119. The first-order valence-electron chi connectivity index (χ1n) is 8.94. The molecule has 0 radical (unpaired) electrons. The highest BCUT2D eigenvalue weighted by Crippen LogP contribution is 2.26. The molecule has 0 N–H and O–H groups in total. The van der Waals surface area contributed by atoms with Crippen molar-refractivity contribution >= 4 is 17.2 Å². The first-order chi connectivity index (χ1) is 13.1. The Kier molecular flexibility index (Phi) is 6.24. The second-order valence-electron chi connectivity index (χ2n) is 6.38. The topological polar surface area (TPSA) is 68.5 Å². The third-order valence-electron chi connectivity index (χ3n) is 4.16. The van der Waals surface area contributed by atoms with Crippen molar-refractivity contribution in [3.63, 3.8) is 0 Å². The van der Waals surface area contributed by atoms with Gasteiger partial charge in [0.15, 0.2) is 6.61 Å². The summed E-state index contributed by atoms with van der Waals surface area (Å²) in [5, 5.41) is 5.94. The zero-order valence-corrected chi connectivity index (χ0v) is 16.5.